The summed E-state index contributed by atoms with van der Waals surface area (Å²) < 4.78 is 11.1. The summed E-state index contributed by atoms with van der Waals surface area (Å²) >= 11 is 0. The van der Waals surface area contributed by atoms with E-state index in [9.17, 15) is 4.79 Å². The molecule has 0 saturated carbocycles. The molecule has 0 aliphatic heterocycles. The van der Waals surface area contributed by atoms with E-state index in [2.05, 4.69) is 19.6 Å². The fraction of sp³-hybridized carbons (Fsp3) is 0.357. The van der Waals surface area contributed by atoms with Crippen LogP contribution in [0.1, 0.15) is 12.5 Å². The van der Waals surface area contributed by atoms with Gasteiger partial charge in [0.15, 0.2) is 0 Å². The number of hydrogen-bond donors (Lipinski definition) is 0. The predicted molar refractivity (Wildman–Crippen MR) is 75.8 cm³/mol. The van der Waals surface area contributed by atoms with Gasteiger partial charge in [-0.1, -0.05) is 6.92 Å². The Kier molecular flexibility index (Phi) is 3.30. The average molecular weight is 262 g/mol. The van der Waals surface area contributed by atoms with Crippen molar-refractivity contribution in [2.24, 2.45) is 0 Å². The summed E-state index contributed by atoms with van der Waals surface area (Å²) in [4.78, 5) is 11.5. The smallest absolute Gasteiger partial charge is 0.336 e. The van der Waals surface area contributed by atoms with Crippen LogP contribution in [-0.4, -0.2) is 8.32 Å². The molecule has 0 amide bonds. The van der Waals surface area contributed by atoms with E-state index < -0.39 is 8.32 Å². The Balaban J connectivity index is 2.55. The highest BCUT2D eigenvalue weighted by Gasteiger charge is 2.16. The molecule has 96 valence electrons. The van der Waals surface area contributed by atoms with Crippen LogP contribution < -0.4 is 10.1 Å². The van der Waals surface area contributed by atoms with Crippen LogP contribution in [0, 0.1) is 0 Å². The van der Waals surface area contributed by atoms with E-state index >= 15 is 0 Å². The van der Waals surface area contributed by atoms with Gasteiger partial charge in [-0.3, -0.25) is 0 Å². The number of fused-ring (bicyclic) bond motifs is 1. The Morgan fingerprint density at radius 2 is 1.94 bits per heavy atom. The first-order valence-electron chi connectivity index (χ1n) is 6.15. The lowest BCUT2D eigenvalue weighted by Crippen LogP contribution is -2.29. The van der Waals surface area contributed by atoms with Crippen molar-refractivity contribution in [2.45, 2.75) is 33.0 Å². The molecule has 0 saturated heterocycles. The van der Waals surface area contributed by atoms with Crippen LogP contribution >= 0.6 is 0 Å². The molecule has 0 atom stereocenters. The third kappa shape index (κ3) is 2.82. The molecule has 18 heavy (non-hydrogen) atoms. The molecule has 3 nitrogen and oxygen atoms in total. The second kappa shape index (κ2) is 4.61. The molecular formula is C14H18O3Si. The number of hydrogen-bond acceptors (Lipinski definition) is 3. The number of benzene rings is 1. The summed E-state index contributed by atoms with van der Waals surface area (Å²) in [5.41, 5.74) is 1.32. The highest BCUT2D eigenvalue weighted by atomic mass is 28.4. The van der Waals surface area contributed by atoms with Crippen molar-refractivity contribution in [3.63, 3.8) is 0 Å². The maximum Gasteiger partial charge on any atom is 0.336 e. The molecule has 0 spiro atoms. The van der Waals surface area contributed by atoms with Crippen molar-refractivity contribution in [2.75, 3.05) is 0 Å². The molecule has 0 aliphatic rings. The summed E-state index contributed by atoms with van der Waals surface area (Å²) in [6.07, 6.45) is 0.816. The Bertz CT molecular complexity index is 623. The zero-order chi connectivity index (χ0) is 13.3. The van der Waals surface area contributed by atoms with Gasteiger partial charge in [0.1, 0.15) is 11.3 Å². The largest absolute Gasteiger partial charge is 0.544 e. The van der Waals surface area contributed by atoms with E-state index in [0.717, 1.165) is 23.1 Å². The molecule has 0 bridgehead atoms. The minimum Gasteiger partial charge on any atom is -0.544 e. The first-order valence-corrected chi connectivity index (χ1v) is 9.55. The highest BCUT2D eigenvalue weighted by Crippen LogP contribution is 2.24. The van der Waals surface area contributed by atoms with Gasteiger partial charge >= 0.3 is 5.63 Å². The maximum absolute atomic E-state index is 11.5. The lowest BCUT2D eigenvalue weighted by atomic mass is 10.1. The normalized spacial score (nSPS) is 11.8. The van der Waals surface area contributed by atoms with Crippen LogP contribution in [0.25, 0.3) is 11.0 Å². The number of aryl methyl sites for hydroxylation is 1. The van der Waals surface area contributed by atoms with E-state index in [1.165, 1.54) is 0 Å². The van der Waals surface area contributed by atoms with Crippen molar-refractivity contribution < 1.29 is 8.84 Å². The van der Waals surface area contributed by atoms with Crippen LogP contribution in [0.4, 0.5) is 0 Å². The molecule has 1 aromatic heterocycles. The molecule has 0 radical (unpaired) electrons. The molecule has 2 aromatic rings. The van der Waals surface area contributed by atoms with Crippen molar-refractivity contribution in [1.29, 1.82) is 0 Å². The third-order valence-electron chi connectivity index (χ3n) is 2.61. The van der Waals surface area contributed by atoms with Gasteiger partial charge in [0.05, 0.1) is 0 Å². The van der Waals surface area contributed by atoms with Crippen molar-refractivity contribution in [3.05, 3.63) is 40.2 Å². The van der Waals surface area contributed by atoms with Crippen molar-refractivity contribution in [1.82, 2.24) is 0 Å². The second-order valence-electron chi connectivity index (χ2n) is 5.32. The fourth-order valence-corrected chi connectivity index (χ4v) is 2.75. The van der Waals surface area contributed by atoms with Crippen molar-refractivity contribution in [3.8, 4) is 5.75 Å². The van der Waals surface area contributed by atoms with E-state index in [4.69, 9.17) is 8.84 Å². The Hall–Kier alpha value is -1.55. The maximum atomic E-state index is 11.5. The van der Waals surface area contributed by atoms with E-state index in [1.807, 2.05) is 25.1 Å². The molecule has 1 aromatic carbocycles. The molecule has 2 rings (SSSR count). The minimum atomic E-state index is -1.64. The lowest BCUT2D eigenvalue weighted by molar-refractivity contribution is 0.541. The van der Waals surface area contributed by atoms with Gasteiger partial charge < -0.3 is 8.84 Å². The zero-order valence-electron chi connectivity index (χ0n) is 11.2. The van der Waals surface area contributed by atoms with Gasteiger partial charge in [-0.25, -0.2) is 4.79 Å². The van der Waals surface area contributed by atoms with Gasteiger partial charge in [-0.2, -0.15) is 0 Å². The van der Waals surface area contributed by atoms with E-state index in [1.54, 1.807) is 6.07 Å². The first kappa shape index (κ1) is 12.9. The lowest BCUT2D eigenvalue weighted by Gasteiger charge is -2.19. The molecule has 1 heterocycles. The van der Waals surface area contributed by atoms with Gasteiger partial charge in [0.25, 0.3) is 0 Å². The quantitative estimate of drug-likeness (QED) is 0.627. The molecule has 4 heteroatoms. The van der Waals surface area contributed by atoms with Gasteiger partial charge in [0, 0.05) is 17.5 Å². The SMILES string of the molecule is CCc1cc(=O)oc2cc(O[Si](C)(C)C)ccc12. The van der Waals surface area contributed by atoms with Crippen LogP contribution in [0.5, 0.6) is 5.75 Å². The van der Waals surface area contributed by atoms with Crippen LogP contribution in [-0.2, 0) is 6.42 Å². The standard InChI is InChI=1S/C14H18O3Si/c1-5-10-8-14(15)16-13-9-11(6-7-12(10)13)17-18(2,3)4/h6-9H,5H2,1-4H3. The Labute approximate surface area is 108 Å². The topological polar surface area (TPSA) is 39.4 Å². The predicted octanol–water partition coefficient (Wildman–Crippen LogP) is 3.57. The monoisotopic (exact) mass is 262 g/mol. The summed E-state index contributed by atoms with van der Waals surface area (Å²) in [6, 6.07) is 7.28. The van der Waals surface area contributed by atoms with E-state index in [-0.39, 0.29) is 5.63 Å². The fourth-order valence-electron chi connectivity index (χ4n) is 1.92. The van der Waals surface area contributed by atoms with Crippen LogP contribution in [0.3, 0.4) is 0 Å². The average Bonchev–Trinajstić information content (AvgIpc) is 2.25. The zero-order valence-corrected chi connectivity index (χ0v) is 12.2. The molecule has 0 fully saturated rings. The van der Waals surface area contributed by atoms with Crippen LogP contribution in [0.15, 0.2) is 33.5 Å². The van der Waals surface area contributed by atoms with Gasteiger partial charge in [-0.05, 0) is 43.8 Å². The second-order valence-corrected chi connectivity index (χ2v) is 9.75. The summed E-state index contributed by atoms with van der Waals surface area (Å²) in [5.74, 6) is 0.776. The molecule has 0 aliphatic carbocycles. The third-order valence-corrected chi connectivity index (χ3v) is 3.45. The van der Waals surface area contributed by atoms with Gasteiger partial charge in [-0.15, -0.1) is 0 Å². The molecule has 0 N–H and O–H groups in total. The summed E-state index contributed by atoms with van der Waals surface area (Å²) in [6.45, 7) is 8.39. The summed E-state index contributed by atoms with van der Waals surface area (Å²) in [5, 5.41) is 0.986. The van der Waals surface area contributed by atoms with Crippen molar-refractivity contribution >= 4 is 19.3 Å². The Morgan fingerprint density at radius 3 is 2.56 bits per heavy atom. The molecular weight excluding hydrogens is 244 g/mol. The summed E-state index contributed by atoms with van der Waals surface area (Å²) in [7, 11) is -1.64. The van der Waals surface area contributed by atoms with Gasteiger partial charge in [0.2, 0.25) is 8.32 Å². The Morgan fingerprint density at radius 1 is 1.22 bits per heavy atom. The van der Waals surface area contributed by atoms with E-state index in [0.29, 0.717) is 5.58 Å². The molecule has 0 unspecified atom stereocenters. The number of rotatable bonds is 3. The highest BCUT2D eigenvalue weighted by molar-refractivity contribution is 6.70. The first-order chi connectivity index (χ1) is 8.39. The minimum absolute atomic E-state index is 0.301. The van der Waals surface area contributed by atoms with Crippen LogP contribution in [0.2, 0.25) is 19.6 Å².